The van der Waals surface area contributed by atoms with Gasteiger partial charge in [0, 0.05) is 24.0 Å². The lowest BCUT2D eigenvalue weighted by molar-refractivity contribution is 0.460. The van der Waals surface area contributed by atoms with Crippen molar-refractivity contribution in [2.75, 3.05) is 5.73 Å². The molecule has 0 radical (unpaired) electrons. The second-order valence-electron chi connectivity index (χ2n) is 3.66. The molecule has 90 valence electrons. The van der Waals surface area contributed by atoms with Crippen LogP contribution in [0.25, 0.3) is 5.65 Å². The van der Waals surface area contributed by atoms with Crippen molar-refractivity contribution in [1.82, 2.24) is 14.6 Å². The van der Waals surface area contributed by atoms with Crippen LogP contribution in [-0.2, 0) is 0 Å². The standard InChI is InChI=1S/C12H9BrN4O/c13-12-8(14)2-1-3-9(12)18-11-5-7-17-10(16-11)4-6-15-17/h1-7H,14H2. The van der Waals surface area contributed by atoms with Crippen LogP contribution in [0, 0.1) is 0 Å². The summed E-state index contributed by atoms with van der Waals surface area (Å²) in [4.78, 5) is 4.32. The molecular formula is C12H9BrN4O. The number of aromatic nitrogens is 3. The maximum atomic E-state index is 5.79. The minimum Gasteiger partial charge on any atom is -0.438 e. The molecule has 0 bridgehead atoms. The zero-order valence-electron chi connectivity index (χ0n) is 9.25. The number of hydrogen-bond acceptors (Lipinski definition) is 4. The quantitative estimate of drug-likeness (QED) is 0.739. The van der Waals surface area contributed by atoms with Gasteiger partial charge in [-0.15, -0.1) is 0 Å². The van der Waals surface area contributed by atoms with E-state index in [9.17, 15) is 0 Å². The van der Waals surface area contributed by atoms with E-state index in [1.54, 1.807) is 35.1 Å². The van der Waals surface area contributed by atoms with Crippen molar-refractivity contribution in [3.63, 3.8) is 0 Å². The number of nitrogens with two attached hydrogens (primary N) is 1. The van der Waals surface area contributed by atoms with Crippen LogP contribution in [-0.4, -0.2) is 14.6 Å². The van der Waals surface area contributed by atoms with Gasteiger partial charge >= 0.3 is 0 Å². The molecule has 0 aliphatic rings. The molecule has 0 saturated heterocycles. The molecule has 0 saturated carbocycles. The van der Waals surface area contributed by atoms with Crippen LogP contribution in [0.4, 0.5) is 5.69 Å². The Labute approximate surface area is 111 Å². The topological polar surface area (TPSA) is 65.4 Å². The third kappa shape index (κ3) is 1.91. The Morgan fingerprint density at radius 2 is 2.11 bits per heavy atom. The highest BCUT2D eigenvalue weighted by atomic mass is 79.9. The summed E-state index contributed by atoms with van der Waals surface area (Å²) < 4.78 is 8.08. The Morgan fingerprint density at radius 3 is 3.00 bits per heavy atom. The molecule has 2 aromatic heterocycles. The molecule has 0 aliphatic carbocycles. The molecule has 18 heavy (non-hydrogen) atoms. The smallest absolute Gasteiger partial charge is 0.222 e. The maximum absolute atomic E-state index is 5.79. The third-order valence-corrected chi connectivity index (χ3v) is 3.29. The molecule has 1 aromatic carbocycles. The van der Waals surface area contributed by atoms with Crippen molar-refractivity contribution in [1.29, 1.82) is 0 Å². The van der Waals surface area contributed by atoms with E-state index in [-0.39, 0.29) is 0 Å². The van der Waals surface area contributed by atoms with E-state index in [4.69, 9.17) is 10.5 Å². The van der Waals surface area contributed by atoms with Gasteiger partial charge in [-0.2, -0.15) is 10.1 Å². The molecule has 0 atom stereocenters. The molecule has 0 spiro atoms. The van der Waals surface area contributed by atoms with Crippen molar-refractivity contribution in [2.45, 2.75) is 0 Å². The first-order valence-electron chi connectivity index (χ1n) is 5.26. The first kappa shape index (κ1) is 11.0. The molecule has 3 aromatic rings. The summed E-state index contributed by atoms with van der Waals surface area (Å²) in [5, 5.41) is 4.07. The summed E-state index contributed by atoms with van der Waals surface area (Å²) >= 11 is 3.38. The second kappa shape index (κ2) is 4.30. The van der Waals surface area contributed by atoms with Gasteiger partial charge in [0.25, 0.3) is 0 Å². The number of ether oxygens (including phenoxy) is 1. The summed E-state index contributed by atoms with van der Waals surface area (Å²) in [5.41, 5.74) is 7.14. The number of anilines is 1. The predicted octanol–water partition coefficient (Wildman–Crippen LogP) is 2.87. The van der Waals surface area contributed by atoms with Crippen molar-refractivity contribution in [2.24, 2.45) is 0 Å². The molecule has 6 heteroatoms. The highest BCUT2D eigenvalue weighted by Gasteiger charge is 2.07. The number of rotatable bonds is 2. The number of nitrogen functional groups attached to an aromatic ring is 1. The summed E-state index contributed by atoms with van der Waals surface area (Å²) in [5.74, 6) is 1.13. The van der Waals surface area contributed by atoms with E-state index in [1.165, 1.54) is 0 Å². The fourth-order valence-electron chi connectivity index (χ4n) is 1.57. The molecule has 0 fully saturated rings. The van der Waals surface area contributed by atoms with E-state index in [0.717, 1.165) is 10.1 Å². The van der Waals surface area contributed by atoms with E-state index < -0.39 is 0 Å². The minimum absolute atomic E-state index is 0.495. The fraction of sp³-hybridized carbons (Fsp3) is 0. The number of nitrogens with zero attached hydrogens (tertiary/aromatic N) is 3. The van der Waals surface area contributed by atoms with Gasteiger partial charge in [0.15, 0.2) is 5.65 Å². The second-order valence-corrected chi connectivity index (χ2v) is 4.45. The van der Waals surface area contributed by atoms with E-state index in [1.807, 2.05) is 12.1 Å². The lowest BCUT2D eigenvalue weighted by Crippen LogP contribution is -1.94. The Hall–Kier alpha value is -2.08. The Balaban J connectivity index is 1.98. The highest BCUT2D eigenvalue weighted by Crippen LogP contribution is 2.33. The van der Waals surface area contributed by atoms with Gasteiger partial charge in [0.2, 0.25) is 5.88 Å². The van der Waals surface area contributed by atoms with Gasteiger partial charge in [-0.25, -0.2) is 4.52 Å². The first-order chi connectivity index (χ1) is 8.74. The lowest BCUT2D eigenvalue weighted by Gasteiger charge is -2.08. The van der Waals surface area contributed by atoms with Gasteiger partial charge in [-0.05, 0) is 28.1 Å². The van der Waals surface area contributed by atoms with Crippen molar-refractivity contribution >= 4 is 27.3 Å². The molecule has 0 unspecified atom stereocenters. The molecular weight excluding hydrogens is 296 g/mol. The van der Waals surface area contributed by atoms with E-state index >= 15 is 0 Å². The van der Waals surface area contributed by atoms with Crippen LogP contribution < -0.4 is 10.5 Å². The van der Waals surface area contributed by atoms with Crippen molar-refractivity contribution < 1.29 is 4.74 Å². The van der Waals surface area contributed by atoms with Crippen LogP contribution in [0.5, 0.6) is 11.6 Å². The van der Waals surface area contributed by atoms with Crippen LogP contribution in [0.1, 0.15) is 0 Å². The maximum Gasteiger partial charge on any atom is 0.222 e. The van der Waals surface area contributed by atoms with Crippen molar-refractivity contribution in [3.8, 4) is 11.6 Å². The van der Waals surface area contributed by atoms with Gasteiger partial charge in [-0.1, -0.05) is 6.07 Å². The monoisotopic (exact) mass is 304 g/mol. The predicted molar refractivity (Wildman–Crippen MR) is 71.6 cm³/mol. The fourth-order valence-corrected chi connectivity index (χ4v) is 1.92. The molecule has 3 rings (SSSR count). The average molecular weight is 305 g/mol. The number of hydrogen-bond donors (Lipinski definition) is 1. The summed E-state index contributed by atoms with van der Waals surface area (Å²) in [6.07, 6.45) is 3.47. The average Bonchev–Trinajstić information content (AvgIpc) is 2.82. The largest absolute Gasteiger partial charge is 0.438 e. The Morgan fingerprint density at radius 1 is 1.22 bits per heavy atom. The zero-order chi connectivity index (χ0) is 12.5. The number of halogens is 1. The van der Waals surface area contributed by atoms with E-state index in [0.29, 0.717) is 17.3 Å². The third-order valence-electron chi connectivity index (χ3n) is 2.44. The van der Waals surface area contributed by atoms with E-state index in [2.05, 4.69) is 26.0 Å². The molecule has 0 aliphatic heterocycles. The van der Waals surface area contributed by atoms with Gasteiger partial charge in [0.1, 0.15) is 5.75 Å². The lowest BCUT2D eigenvalue weighted by atomic mass is 10.3. The summed E-state index contributed by atoms with van der Waals surface area (Å²) in [6.45, 7) is 0. The first-order valence-corrected chi connectivity index (χ1v) is 6.05. The normalized spacial score (nSPS) is 10.7. The summed E-state index contributed by atoms with van der Waals surface area (Å²) in [7, 11) is 0. The molecule has 2 N–H and O–H groups in total. The van der Waals surface area contributed by atoms with Gasteiger partial charge in [-0.3, -0.25) is 0 Å². The minimum atomic E-state index is 0.495. The Bertz CT molecular complexity index is 710. The summed E-state index contributed by atoms with van der Waals surface area (Å²) in [6, 6.07) is 9.00. The van der Waals surface area contributed by atoms with Crippen LogP contribution in [0.3, 0.4) is 0 Å². The molecule has 0 amide bonds. The number of benzene rings is 1. The van der Waals surface area contributed by atoms with Crippen LogP contribution in [0.2, 0.25) is 0 Å². The van der Waals surface area contributed by atoms with Gasteiger partial charge in [0.05, 0.1) is 10.7 Å². The molecule has 2 heterocycles. The zero-order valence-corrected chi connectivity index (χ0v) is 10.8. The van der Waals surface area contributed by atoms with Crippen molar-refractivity contribution in [3.05, 3.63) is 47.2 Å². The highest BCUT2D eigenvalue weighted by molar-refractivity contribution is 9.10. The van der Waals surface area contributed by atoms with Crippen LogP contribution >= 0.6 is 15.9 Å². The Kier molecular flexibility index (Phi) is 2.64. The SMILES string of the molecule is Nc1cccc(Oc2ccn3nccc3n2)c1Br. The number of fused-ring (bicyclic) bond motifs is 1. The van der Waals surface area contributed by atoms with Crippen LogP contribution in [0.15, 0.2) is 47.2 Å². The molecule has 5 nitrogen and oxygen atoms in total. The van der Waals surface area contributed by atoms with Gasteiger partial charge < -0.3 is 10.5 Å².